The summed E-state index contributed by atoms with van der Waals surface area (Å²) in [5, 5.41) is 0. The summed E-state index contributed by atoms with van der Waals surface area (Å²) in [6, 6.07) is 6.58. The molecule has 1 aromatic rings. The Morgan fingerprint density at radius 2 is 1.65 bits per heavy atom. The summed E-state index contributed by atoms with van der Waals surface area (Å²) in [7, 11) is -2.68. The van der Waals surface area contributed by atoms with E-state index in [-0.39, 0.29) is 11.9 Å². The molecule has 6 heteroatoms. The van der Waals surface area contributed by atoms with Crippen molar-refractivity contribution < 1.29 is 14.2 Å². The fourth-order valence-electron chi connectivity index (χ4n) is 1.70. The van der Waals surface area contributed by atoms with Gasteiger partial charge in [-0.3, -0.25) is 14.5 Å². The molecule has 0 N–H and O–H groups in total. The summed E-state index contributed by atoms with van der Waals surface area (Å²) in [6.07, 6.45) is -0.0944. The van der Waals surface area contributed by atoms with Crippen molar-refractivity contribution in [2.45, 2.75) is 0 Å². The Kier molecular flexibility index (Phi) is 3.11. The molecule has 1 heterocycles. The Morgan fingerprint density at radius 1 is 1.18 bits per heavy atom. The molecule has 0 saturated heterocycles. The highest BCUT2D eigenvalue weighted by atomic mass is 35.5. The van der Waals surface area contributed by atoms with E-state index in [1.807, 2.05) is 0 Å². The van der Waals surface area contributed by atoms with Crippen LogP contribution < -0.4 is 0 Å². The minimum atomic E-state index is -2.68. The third kappa shape index (κ3) is 2.15. The summed E-state index contributed by atoms with van der Waals surface area (Å²) in [4.78, 5) is 24.9. The van der Waals surface area contributed by atoms with Crippen LogP contribution in [-0.4, -0.2) is 35.3 Å². The number of benzene rings is 1. The van der Waals surface area contributed by atoms with Gasteiger partial charge in [-0.25, -0.2) is 0 Å². The van der Waals surface area contributed by atoms with E-state index >= 15 is 0 Å². The molecule has 1 aliphatic heterocycles. The first-order chi connectivity index (χ1) is 7.96. The largest absolute Gasteiger partial charge is 0.321 e. The number of carbonyl (C=O) groups is 2. The van der Waals surface area contributed by atoms with Crippen LogP contribution in [0.15, 0.2) is 24.3 Å². The van der Waals surface area contributed by atoms with Crippen LogP contribution in [0, 0.1) is 0 Å². The molecule has 0 aromatic heterocycles. The molecule has 0 radical (unpaired) electrons. The molecule has 0 aliphatic carbocycles. The van der Waals surface area contributed by atoms with E-state index in [4.69, 9.17) is 11.6 Å². The van der Waals surface area contributed by atoms with Gasteiger partial charge in [-0.15, -0.1) is 11.6 Å². The van der Waals surface area contributed by atoms with Crippen LogP contribution in [0.2, 0.25) is 0 Å². The molecule has 17 heavy (non-hydrogen) atoms. The first kappa shape index (κ1) is 12.3. The lowest BCUT2D eigenvalue weighted by Gasteiger charge is -2.17. The van der Waals surface area contributed by atoms with Crippen LogP contribution in [0.3, 0.4) is 0 Å². The smallest absolute Gasteiger partial charge is 0.261 e. The van der Waals surface area contributed by atoms with Crippen LogP contribution in [0.1, 0.15) is 20.7 Å². The number of alkyl halides is 1. The van der Waals surface area contributed by atoms with Gasteiger partial charge in [0.2, 0.25) is 0 Å². The van der Waals surface area contributed by atoms with E-state index in [9.17, 15) is 14.2 Å². The molecule has 0 unspecified atom stereocenters. The maximum absolute atomic E-state index is 11.9. The Morgan fingerprint density at radius 3 is 2.06 bits per heavy atom. The van der Waals surface area contributed by atoms with E-state index in [0.29, 0.717) is 11.1 Å². The van der Waals surface area contributed by atoms with Gasteiger partial charge in [-0.1, -0.05) is 12.1 Å². The molecule has 0 fully saturated rings. The molecule has 4 nitrogen and oxygen atoms in total. The normalized spacial score (nSPS) is 18.1. The fourth-order valence-corrected chi connectivity index (χ4v) is 2.86. The van der Waals surface area contributed by atoms with Gasteiger partial charge in [0.1, 0.15) is 7.14 Å². The van der Waals surface area contributed by atoms with Crippen LogP contribution in [0.4, 0.5) is 0 Å². The maximum Gasteiger partial charge on any atom is 0.261 e. The second kappa shape index (κ2) is 4.28. The number of hydrogen-bond donors (Lipinski definition) is 0. The first-order valence-corrected chi connectivity index (χ1v) is 8.09. The molecule has 2 rings (SSSR count). The average Bonchev–Trinajstić information content (AvgIpc) is 2.55. The van der Waals surface area contributed by atoms with Crippen LogP contribution in [0.25, 0.3) is 0 Å². The maximum atomic E-state index is 11.9. The fraction of sp³-hybridized carbons (Fsp3) is 0.273. The van der Waals surface area contributed by atoms with Crippen molar-refractivity contribution in [3.63, 3.8) is 0 Å². The quantitative estimate of drug-likeness (QED) is 0.482. The molecular weight excluding hydrogens is 261 g/mol. The number of halogens is 1. The number of imide groups is 1. The van der Waals surface area contributed by atoms with Crippen molar-refractivity contribution in [3.05, 3.63) is 35.4 Å². The summed E-state index contributed by atoms with van der Waals surface area (Å²) < 4.78 is 11.9. The number of rotatable bonds is 3. The van der Waals surface area contributed by atoms with Crippen molar-refractivity contribution in [1.82, 2.24) is 4.90 Å². The number of amides is 2. The summed E-state index contributed by atoms with van der Waals surface area (Å²) in [5.41, 5.74) is 0.694. The molecule has 0 bridgehead atoms. The van der Waals surface area contributed by atoms with Gasteiger partial charge < -0.3 is 4.57 Å². The summed E-state index contributed by atoms with van der Waals surface area (Å²) >= 11 is 5.57. The summed E-state index contributed by atoms with van der Waals surface area (Å²) in [6.45, 7) is 1.49. The molecule has 0 spiro atoms. The van der Waals surface area contributed by atoms with E-state index in [2.05, 4.69) is 0 Å². The predicted octanol–water partition coefficient (Wildman–Crippen LogP) is 2.43. The molecule has 90 valence electrons. The second-order valence-corrected chi connectivity index (χ2v) is 7.97. The number of fused-ring (bicyclic) bond motifs is 1. The lowest BCUT2D eigenvalue weighted by molar-refractivity contribution is 0.0680. The minimum Gasteiger partial charge on any atom is -0.321 e. The highest BCUT2D eigenvalue weighted by molar-refractivity contribution is 7.64. The molecule has 1 atom stereocenters. The predicted molar refractivity (Wildman–Crippen MR) is 66.1 cm³/mol. The Bertz CT molecular complexity index is 508. The Hall–Kier alpha value is -1.12. The van der Waals surface area contributed by atoms with Gasteiger partial charge >= 0.3 is 0 Å². The van der Waals surface area contributed by atoms with Crippen LogP contribution >= 0.6 is 18.7 Å². The number of nitrogens with zero attached hydrogens (tertiary/aromatic N) is 1. The van der Waals surface area contributed by atoms with Crippen LogP contribution in [-0.2, 0) is 4.57 Å². The Balaban J connectivity index is 2.34. The van der Waals surface area contributed by atoms with Crippen molar-refractivity contribution >= 4 is 30.6 Å². The zero-order valence-corrected chi connectivity index (χ0v) is 10.9. The minimum absolute atomic E-state index is 0.0413. The highest BCUT2D eigenvalue weighted by Crippen LogP contribution is 2.44. The molecule has 1 aliphatic rings. The molecule has 2 amide bonds. The monoisotopic (exact) mass is 271 g/mol. The number of carbonyl (C=O) groups excluding carboxylic acids is 2. The standard InChI is InChI=1S/C11H11ClNO3P/c1-17(16,6-12)7-13-10(14)8-4-2-3-5-9(8)11(13)15/h2-5H,6-7H2,1H3/t17-/m0/s1. The van der Waals surface area contributed by atoms with Crippen molar-refractivity contribution in [1.29, 1.82) is 0 Å². The van der Waals surface area contributed by atoms with Crippen LogP contribution in [0.5, 0.6) is 0 Å². The van der Waals surface area contributed by atoms with Gasteiger partial charge in [0.05, 0.1) is 23.0 Å². The van der Waals surface area contributed by atoms with Gasteiger partial charge in [-0.2, -0.15) is 0 Å². The van der Waals surface area contributed by atoms with Gasteiger partial charge in [-0.05, 0) is 18.8 Å². The van der Waals surface area contributed by atoms with Gasteiger partial charge in [0.25, 0.3) is 11.8 Å². The summed E-state index contributed by atoms with van der Waals surface area (Å²) in [5.74, 6) is -0.782. The first-order valence-electron chi connectivity index (χ1n) is 5.03. The second-order valence-electron chi connectivity index (χ2n) is 4.14. The Labute approximate surface area is 104 Å². The van der Waals surface area contributed by atoms with Crippen molar-refractivity contribution in [2.75, 3.05) is 18.6 Å². The third-order valence-electron chi connectivity index (χ3n) is 2.57. The van der Waals surface area contributed by atoms with Gasteiger partial charge in [0, 0.05) is 0 Å². The average molecular weight is 272 g/mol. The SMILES string of the molecule is C[P@](=O)(CCl)CN1C(=O)c2ccccc2C1=O. The molecular formula is C11H11ClNO3P. The lowest BCUT2D eigenvalue weighted by atomic mass is 10.1. The topological polar surface area (TPSA) is 54.5 Å². The van der Waals surface area contributed by atoms with E-state index in [1.54, 1.807) is 24.3 Å². The molecule has 0 saturated carbocycles. The third-order valence-corrected chi connectivity index (χ3v) is 5.48. The van der Waals surface area contributed by atoms with E-state index in [1.165, 1.54) is 6.66 Å². The van der Waals surface area contributed by atoms with Gasteiger partial charge in [0.15, 0.2) is 0 Å². The zero-order chi connectivity index (χ0) is 12.6. The van der Waals surface area contributed by atoms with Crippen molar-refractivity contribution in [3.8, 4) is 0 Å². The molecule has 1 aromatic carbocycles. The number of hydrogen-bond acceptors (Lipinski definition) is 3. The van der Waals surface area contributed by atoms with E-state index in [0.717, 1.165) is 4.90 Å². The lowest BCUT2D eigenvalue weighted by Crippen LogP contribution is -2.30. The highest BCUT2D eigenvalue weighted by Gasteiger charge is 2.37. The van der Waals surface area contributed by atoms with Crippen molar-refractivity contribution in [2.24, 2.45) is 0 Å². The van der Waals surface area contributed by atoms with E-state index < -0.39 is 19.0 Å². The zero-order valence-electron chi connectivity index (χ0n) is 9.22.